The molecule has 1 amide bonds. The quantitative estimate of drug-likeness (QED) is 0.486. The lowest BCUT2D eigenvalue weighted by molar-refractivity contribution is 0.0950. The standard InChI is InChI=1S/C20H20N8O/c1-13-14(2)28(12-26-13)19-9-18(24-11-25-19)21-7-8-22-20(29)17-10-23-15-5-3-4-6-16(15)27-17/h3-6,9-12H,7-8H2,1-2H3,(H,22,29)(H,21,24,25). The number of aromatic nitrogens is 6. The predicted molar refractivity (Wildman–Crippen MR) is 109 cm³/mol. The van der Waals surface area contributed by atoms with Crippen molar-refractivity contribution >= 4 is 22.8 Å². The third kappa shape index (κ3) is 4.03. The van der Waals surface area contributed by atoms with Gasteiger partial charge in [0.05, 0.1) is 22.9 Å². The van der Waals surface area contributed by atoms with Gasteiger partial charge in [-0.3, -0.25) is 14.3 Å². The molecule has 0 bridgehead atoms. The summed E-state index contributed by atoms with van der Waals surface area (Å²) in [5.41, 5.74) is 3.72. The SMILES string of the molecule is Cc1ncn(-c2cc(NCCNC(=O)c3cnc4ccccc4n3)ncn2)c1C. The molecule has 0 saturated heterocycles. The monoisotopic (exact) mass is 388 g/mol. The molecular weight excluding hydrogens is 368 g/mol. The average Bonchev–Trinajstić information content (AvgIpc) is 3.09. The van der Waals surface area contributed by atoms with E-state index in [2.05, 4.69) is 35.6 Å². The first-order chi connectivity index (χ1) is 14.1. The average molecular weight is 388 g/mol. The molecule has 0 atom stereocenters. The van der Waals surface area contributed by atoms with Crippen molar-refractivity contribution in [3.05, 3.63) is 66.3 Å². The van der Waals surface area contributed by atoms with E-state index in [1.807, 2.05) is 48.7 Å². The number of rotatable bonds is 6. The van der Waals surface area contributed by atoms with Gasteiger partial charge >= 0.3 is 0 Å². The maximum absolute atomic E-state index is 12.3. The van der Waals surface area contributed by atoms with Crippen LogP contribution in [0.4, 0.5) is 5.82 Å². The van der Waals surface area contributed by atoms with E-state index < -0.39 is 0 Å². The fraction of sp³-hybridized carbons (Fsp3) is 0.200. The highest BCUT2D eigenvalue weighted by molar-refractivity contribution is 5.93. The van der Waals surface area contributed by atoms with E-state index in [1.165, 1.54) is 12.5 Å². The number of nitrogens with zero attached hydrogens (tertiary/aromatic N) is 6. The van der Waals surface area contributed by atoms with E-state index >= 15 is 0 Å². The number of hydrogen-bond donors (Lipinski definition) is 2. The molecule has 0 aliphatic heterocycles. The highest BCUT2D eigenvalue weighted by Gasteiger charge is 2.09. The topological polar surface area (TPSA) is 111 Å². The molecule has 0 aliphatic carbocycles. The molecule has 4 aromatic rings. The number of imidazole rings is 1. The van der Waals surface area contributed by atoms with Crippen LogP contribution in [0.15, 0.2) is 49.2 Å². The zero-order valence-electron chi connectivity index (χ0n) is 16.1. The van der Waals surface area contributed by atoms with Gasteiger partial charge in [0.25, 0.3) is 5.91 Å². The minimum Gasteiger partial charge on any atom is -0.368 e. The van der Waals surface area contributed by atoms with Crippen molar-refractivity contribution in [1.29, 1.82) is 0 Å². The molecule has 146 valence electrons. The Kier molecular flexibility index (Phi) is 5.10. The molecule has 0 aliphatic rings. The molecule has 1 aromatic carbocycles. The summed E-state index contributed by atoms with van der Waals surface area (Å²) in [6.45, 7) is 4.86. The van der Waals surface area contributed by atoms with Gasteiger partial charge in [-0.2, -0.15) is 0 Å². The fourth-order valence-electron chi connectivity index (χ4n) is 2.83. The minimum atomic E-state index is -0.266. The fourth-order valence-corrected chi connectivity index (χ4v) is 2.83. The van der Waals surface area contributed by atoms with Crippen molar-refractivity contribution < 1.29 is 4.79 Å². The van der Waals surface area contributed by atoms with Crippen LogP contribution < -0.4 is 10.6 Å². The molecule has 0 saturated carbocycles. The van der Waals surface area contributed by atoms with E-state index in [9.17, 15) is 4.79 Å². The number of carbonyl (C=O) groups is 1. The summed E-state index contributed by atoms with van der Waals surface area (Å²) < 4.78 is 1.91. The zero-order chi connectivity index (χ0) is 20.2. The van der Waals surface area contributed by atoms with Crippen LogP contribution in [-0.2, 0) is 0 Å². The van der Waals surface area contributed by atoms with Crippen LogP contribution in [0.3, 0.4) is 0 Å². The number of anilines is 1. The van der Waals surface area contributed by atoms with Crippen LogP contribution in [0.2, 0.25) is 0 Å². The second-order valence-corrected chi connectivity index (χ2v) is 6.47. The second kappa shape index (κ2) is 8.01. The van der Waals surface area contributed by atoms with Gasteiger partial charge < -0.3 is 10.6 Å². The maximum Gasteiger partial charge on any atom is 0.271 e. The third-order valence-electron chi connectivity index (χ3n) is 4.55. The Bertz CT molecular complexity index is 1170. The van der Waals surface area contributed by atoms with Crippen molar-refractivity contribution in [3.8, 4) is 5.82 Å². The zero-order valence-corrected chi connectivity index (χ0v) is 16.1. The summed E-state index contributed by atoms with van der Waals surface area (Å²) in [4.78, 5) is 33.7. The molecule has 0 unspecified atom stereocenters. The molecule has 9 nitrogen and oxygen atoms in total. The van der Waals surface area contributed by atoms with Gasteiger partial charge in [0.2, 0.25) is 0 Å². The number of amides is 1. The van der Waals surface area contributed by atoms with Gasteiger partial charge in [-0.15, -0.1) is 0 Å². The molecule has 0 fully saturated rings. The molecule has 0 spiro atoms. The number of aryl methyl sites for hydroxylation is 1. The first-order valence-electron chi connectivity index (χ1n) is 9.18. The highest BCUT2D eigenvalue weighted by Crippen LogP contribution is 2.13. The molecule has 9 heteroatoms. The largest absolute Gasteiger partial charge is 0.368 e. The molecule has 3 heterocycles. The molecule has 4 rings (SSSR count). The van der Waals surface area contributed by atoms with E-state index in [0.717, 1.165) is 22.7 Å². The predicted octanol–water partition coefficient (Wildman–Crippen LogP) is 2.06. The Labute approximate surface area is 167 Å². The normalized spacial score (nSPS) is 10.8. The van der Waals surface area contributed by atoms with Gasteiger partial charge in [0.1, 0.15) is 30.0 Å². The minimum absolute atomic E-state index is 0.266. The summed E-state index contributed by atoms with van der Waals surface area (Å²) >= 11 is 0. The molecular formula is C20H20N8O. The lowest BCUT2D eigenvalue weighted by atomic mass is 10.3. The van der Waals surface area contributed by atoms with Crippen molar-refractivity contribution in [2.75, 3.05) is 18.4 Å². The maximum atomic E-state index is 12.3. The van der Waals surface area contributed by atoms with Crippen molar-refractivity contribution in [2.45, 2.75) is 13.8 Å². The first-order valence-corrected chi connectivity index (χ1v) is 9.18. The smallest absolute Gasteiger partial charge is 0.271 e. The summed E-state index contributed by atoms with van der Waals surface area (Å²) in [5, 5.41) is 6.01. The summed E-state index contributed by atoms with van der Waals surface area (Å²) in [5.74, 6) is 1.13. The van der Waals surface area contributed by atoms with Crippen LogP contribution in [0, 0.1) is 13.8 Å². The molecule has 2 N–H and O–H groups in total. The number of hydrogen-bond acceptors (Lipinski definition) is 7. The van der Waals surface area contributed by atoms with Crippen molar-refractivity contribution in [1.82, 2.24) is 34.8 Å². The Morgan fingerprint density at radius 1 is 1.03 bits per heavy atom. The van der Waals surface area contributed by atoms with E-state index in [-0.39, 0.29) is 5.91 Å². The first kappa shape index (κ1) is 18.5. The van der Waals surface area contributed by atoms with Gasteiger partial charge in [-0.25, -0.2) is 19.9 Å². The van der Waals surface area contributed by atoms with Crippen molar-refractivity contribution in [2.24, 2.45) is 0 Å². The Hall–Kier alpha value is -3.88. The lowest BCUT2D eigenvalue weighted by Gasteiger charge is -2.09. The van der Waals surface area contributed by atoms with Crippen LogP contribution in [0.1, 0.15) is 21.9 Å². The van der Waals surface area contributed by atoms with Crippen LogP contribution in [-0.4, -0.2) is 48.5 Å². The third-order valence-corrected chi connectivity index (χ3v) is 4.55. The summed E-state index contributed by atoms with van der Waals surface area (Å²) in [6.07, 6.45) is 4.72. The number of nitrogens with one attached hydrogen (secondary N) is 2. The van der Waals surface area contributed by atoms with E-state index in [4.69, 9.17) is 0 Å². The Morgan fingerprint density at radius 2 is 1.86 bits per heavy atom. The second-order valence-electron chi connectivity index (χ2n) is 6.47. The van der Waals surface area contributed by atoms with Gasteiger partial charge in [-0.05, 0) is 26.0 Å². The number of benzene rings is 1. The van der Waals surface area contributed by atoms with Crippen LogP contribution >= 0.6 is 0 Å². The lowest BCUT2D eigenvalue weighted by Crippen LogP contribution is -2.29. The highest BCUT2D eigenvalue weighted by atomic mass is 16.1. The van der Waals surface area contributed by atoms with Gasteiger partial charge in [0.15, 0.2) is 0 Å². The van der Waals surface area contributed by atoms with Crippen LogP contribution in [0.5, 0.6) is 0 Å². The number of carbonyl (C=O) groups excluding carboxylic acids is 1. The number of para-hydroxylation sites is 2. The van der Waals surface area contributed by atoms with Crippen molar-refractivity contribution in [3.63, 3.8) is 0 Å². The molecule has 29 heavy (non-hydrogen) atoms. The van der Waals surface area contributed by atoms with E-state index in [1.54, 1.807) is 6.33 Å². The summed E-state index contributed by atoms with van der Waals surface area (Å²) in [6, 6.07) is 9.28. The Balaban J connectivity index is 1.34. The van der Waals surface area contributed by atoms with E-state index in [0.29, 0.717) is 30.1 Å². The number of fused-ring (bicyclic) bond motifs is 1. The van der Waals surface area contributed by atoms with Gasteiger partial charge in [0, 0.05) is 24.8 Å². The molecule has 3 aromatic heterocycles. The van der Waals surface area contributed by atoms with Crippen LogP contribution in [0.25, 0.3) is 16.9 Å². The summed E-state index contributed by atoms with van der Waals surface area (Å²) in [7, 11) is 0. The van der Waals surface area contributed by atoms with Gasteiger partial charge in [-0.1, -0.05) is 12.1 Å². The Morgan fingerprint density at radius 3 is 2.66 bits per heavy atom. The molecule has 0 radical (unpaired) electrons.